The van der Waals surface area contributed by atoms with Gasteiger partial charge in [-0.2, -0.15) is 0 Å². The van der Waals surface area contributed by atoms with Crippen LogP contribution in [0.4, 0.5) is 0 Å². The van der Waals surface area contributed by atoms with E-state index in [1.807, 2.05) is 0 Å². The first-order chi connectivity index (χ1) is 19.8. The van der Waals surface area contributed by atoms with Gasteiger partial charge < -0.3 is 52.5 Å². The summed E-state index contributed by atoms with van der Waals surface area (Å²) < 4.78 is 53.9. The molecule has 0 rings (SSSR count). The normalized spacial score (nSPS) is 12.4. The van der Waals surface area contributed by atoms with E-state index >= 15 is 0 Å². The number of aliphatic hydroxyl groups is 1. The lowest BCUT2D eigenvalue weighted by Gasteiger charge is -2.15. The summed E-state index contributed by atoms with van der Waals surface area (Å²) >= 11 is 0. The fourth-order valence-electron chi connectivity index (χ4n) is 3.41. The number of hydrogen-bond acceptors (Lipinski definition) is 11. The zero-order valence-electron chi connectivity index (χ0n) is 25.5. The Hall–Kier alpha value is -0.440. The third-order valence-electron chi connectivity index (χ3n) is 5.72. The second-order valence-electron chi connectivity index (χ2n) is 9.24. The maximum atomic E-state index is 9.51. The molecule has 0 aromatic carbocycles. The van der Waals surface area contributed by atoms with Crippen LogP contribution in [0, 0.1) is 0 Å². The highest BCUT2D eigenvalue weighted by molar-refractivity contribution is 4.55. The molecule has 1 N–H and O–H groups in total. The van der Waals surface area contributed by atoms with Crippen molar-refractivity contribution in [3.8, 4) is 0 Å². The van der Waals surface area contributed by atoms with Crippen LogP contribution in [0.2, 0.25) is 0 Å². The minimum absolute atomic E-state index is 0.0168. The highest BCUT2D eigenvalue weighted by Gasteiger charge is 2.07. The van der Waals surface area contributed by atoms with Crippen LogP contribution in [0.15, 0.2) is 0 Å². The second-order valence-corrected chi connectivity index (χ2v) is 9.24. The van der Waals surface area contributed by atoms with Gasteiger partial charge in [0.2, 0.25) is 0 Å². The monoisotopic (exact) mass is 584 g/mol. The summed E-state index contributed by atoms with van der Waals surface area (Å²) in [5, 5.41) is 9.51. The molecule has 0 aliphatic rings. The molecule has 242 valence electrons. The van der Waals surface area contributed by atoms with Gasteiger partial charge in [-0.25, -0.2) is 0 Å². The maximum absolute atomic E-state index is 9.51. The van der Waals surface area contributed by atoms with Crippen molar-refractivity contribution in [3.05, 3.63) is 0 Å². The Morgan fingerprint density at radius 2 is 0.700 bits per heavy atom. The Morgan fingerprint density at radius 3 is 1.07 bits per heavy atom. The lowest BCUT2D eigenvalue weighted by atomic mass is 10.2. The van der Waals surface area contributed by atoms with Crippen molar-refractivity contribution in [1.82, 2.24) is 0 Å². The smallest absolute Gasteiger partial charge is 0.104 e. The van der Waals surface area contributed by atoms with Crippen LogP contribution in [0.25, 0.3) is 0 Å². The fraction of sp³-hybridized carbons (Fsp3) is 1.00. The average molecular weight is 585 g/mol. The number of ether oxygens (including phenoxy) is 10. The Morgan fingerprint density at radius 1 is 0.375 bits per heavy atom. The van der Waals surface area contributed by atoms with E-state index in [1.54, 1.807) is 14.2 Å². The average Bonchev–Trinajstić information content (AvgIpc) is 2.97. The van der Waals surface area contributed by atoms with E-state index < -0.39 is 0 Å². The Kier molecular flexibility index (Phi) is 36.2. The van der Waals surface area contributed by atoms with Crippen LogP contribution >= 0.6 is 0 Å². The maximum Gasteiger partial charge on any atom is 0.104 e. The molecule has 0 fully saturated rings. The van der Waals surface area contributed by atoms with Gasteiger partial charge in [-0.15, -0.1) is 0 Å². The molecule has 0 aromatic rings. The van der Waals surface area contributed by atoms with Crippen LogP contribution in [0.1, 0.15) is 51.4 Å². The first-order valence-corrected chi connectivity index (χ1v) is 15.1. The predicted octanol–water partition coefficient (Wildman–Crippen LogP) is 2.89. The molecule has 0 saturated carbocycles. The van der Waals surface area contributed by atoms with E-state index in [-0.39, 0.29) is 12.7 Å². The molecule has 0 aliphatic heterocycles. The van der Waals surface area contributed by atoms with Gasteiger partial charge in [-0.3, -0.25) is 0 Å². The summed E-state index contributed by atoms with van der Waals surface area (Å²) in [5.41, 5.74) is 0. The zero-order valence-corrected chi connectivity index (χ0v) is 25.5. The standard InChI is InChI=1S/C29H60O11/c1-31-15-17-35-23-25-37-21-19-33-11-7-3-4-9-13-39-28-29(27-30)40-14-10-6-5-8-12-34-20-22-38-26-24-36-18-16-32-2/h29-30H,3-28H2,1-2H3. The van der Waals surface area contributed by atoms with Gasteiger partial charge in [0.25, 0.3) is 0 Å². The van der Waals surface area contributed by atoms with E-state index in [0.29, 0.717) is 99.1 Å². The lowest BCUT2D eigenvalue weighted by Crippen LogP contribution is -2.24. The predicted molar refractivity (Wildman–Crippen MR) is 153 cm³/mol. The lowest BCUT2D eigenvalue weighted by molar-refractivity contribution is -0.0439. The first kappa shape index (κ1) is 39.6. The van der Waals surface area contributed by atoms with Crippen molar-refractivity contribution in [2.24, 2.45) is 0 Å². The number of aliphatic hydroxyl groups excluding tert-OH is 1. The summed E-state index contributed by atoms with van der Waals surface area (Å²) in [6.07, 6.45) is 8.18. The van der Waals surface area contributed by atoms with Gasteiger partial charge in [0.15, 0.2) is 0 Å². The van der Waals surface area contributed by atoms with E-state index in [1.165, 1.54) is 0 Å². The summed E-state index contributed by atoms with van der Waals surface area (Å²) in [6, 6.07) is 0. The highest BCUT2D eigenvalue weighted by Crippen LogP contribution is 2.04. The Bertz CT molecular complexity index is 446. The molecule has 0 spiro atoms. The summed E-state index contributed by atoms with van der Waals surface area (Å²) in [7, 11) is 3.31. The molecule has 0 aromatic heterocycles. The van der Waals surface area contributed by atoms with Crippen molar-refractivity contribution in [3.63, 3.8) is 0 Å². The van der Waals surface area contributed by atoms with Gasteiger partial charge >= 0.3 is 0 Å². The molecule has 0 bridgehead atoms. The Labute approximate surface area is 243 Å². The highest BCUT2D eigenvalue weighted by atomic mass is 16.6. The minimum atomic E-state index is -0.249. The molecule has 1 unspecified atom stereocenters. The van der Waals surface area contributed by atoms with Crippen molar-refractivity contribution in [2.45, 2.75) is 57.5 Å². The van der Waals surface area contributed by atoms with E-state index in [0.717, 1.165) is 64.6 Å². The van der Waals surface area contributed by atoms with Crippen LogP contribution in [-0.2, 0) is 47.4 Å². The topological polar surface area (TPSA) is 113 Å². The largest absolute Gasteiger partial charge is 0.394 e. The third-order valence-corrected chi connectivity index (χ3v) is 5.72. The summed E-state index contributed by atoms with van der Waals surface area (Å²) in [6.45, 7) is 10.4. The molecular weight excluding hydrogens is 524 g/mol. The Balaban J connectivity index is 3.24. The molecule has 0 saturated heterocycles. The van der Waals surface area contributed by atoms with Gasteiger partial charge in [-0.1, -0.05) is 25.7 Å². The fourth-order valence-corrected chi connectivity index (χ4v) is 3.41. The number of hydrogen-bond donors (Lipinski definition) is 1. The summed E-state index contributed by atoms with van der Waals surface area (Å²) in [5.74, 6) is 0. The number of methoxy groups -OCH3 is 2. The molecule has 11 heteroatoms. The number of rotatable bonds is 36. The molecule has 1 atom stereocenters. The molecular formula is C29H60O11. The molecule has 0 amide bonds. The van der Waals surface area contributed by atoms with E-state index in [4.69, 9.17) is 47.4 Å². The molecule has 0 heterocycles. The molecule has 40 heavy (non-hydrogen) atoms. The van der Waals surface area contributed by atoms with Crippen molar-refractivity contribution in [1.29, 1.82) is 0 Å². The molecule has 11 nitrogen and oxygen atoms in total. The number of unbranched alkanes of at least 4 members (excludes halogenated alkanes) is 6. The molecule has 0 aliphatic carbocycles. The third kappa shape index (κ3) is 33.8. The second kappa shape index (κ2) is 36.6. The quantitative estimate of drug-likeness (QED) is 0.110. The van der Waals surface area contributed by atoms with Gasteiger partial charge in [-0.05, 0) is 25.7 Å². The first-order valence-electron chi connectivity index (χ1n) is 15.1. The van der Waals surface area contributed by atoms with Crippen molar-refractivity contribution >= 4 is 0 Å². The van der Waals surface area contributed by atoms with Crippen LogP contribution in [0.3, 0.4) is 0 Å². The van der Waals surface area contributed by atoms with Gasteiger partial charge in [0.05, 0.1) is 92.5 Å². The molecule has 0 radical (unpaired) electrons. The summed E-state index contributed by atoms with van der Waals surface area (Å²) in [4.78, 5) is 0. The van der Waals surface area contributed by atoms with E-state index in [2.05, 4.69) is 0 Å². The van der Waals surface area contributed by atoms with Crippen LogP contribution in [-0.4, -0.2) is 144 Å². The van der Waals surface area contributed by atoms with Gasteiger partial charge in [0.1, 0.15) is 6.10 Å². The zero-order chi connectivity index (χ0) is 29.0. The van der Waals surface area contributed by atoms with Crippen molar-refractivity contribution < 1.29 is 52.5 Å². The van der Waals surface area contributed by atoms with Gasteiger partial charge in [0, 0.05) is 40.6 Å². The van der Waals surface area contributed by atoms with Crippen LogP contribution in [0.5, 0.6) is 0 Å². The van der Waals surface area contributed by atoms with E-state index in [9.17, 15) is 5.11 Å². The van der Waals surface area contributed by atoms with Crippen molar-refractivity contribution in [2.75, 3.05) is 133 Å². The van der Waals surface area contributed by atoms with Crippen LogP contribution < -0.4 is 0 Å². The SMILES string of the molecule is COCCOCCOCCOCCCCCCOCC(CO)OCCCCCCOCCOCCOCCOC. The minimum Gasteiger partial charge on any atom is -0.394 e.